The highest BCUT2D eigenvalue weighted by molar-refractivity contribution is 7.89. The van der Waals surface area contributed by atoms with Crippen LogP contribution >= 0.6 is 0 Å². The van der Waals surface area contributed by atoms with Crippen LogP contribution in [0.2, 0.25) is 0 Å². The van der Waals surface area contributed by atoms with Crippen LogP contribution in [-0.4, -0.2) is 22.1 Å². The Morgan fingerprint density at radius 3 is 1.90 bits per heavy atom. The predicted octanol–water partition coefficient (Wildman–Crippen LogP) is 4.93. The summed E-state index contributed by atoms with van der Waals surface area (Å²) in [4.78, 5) is 0.210. The minimum atomic E-state index is -3.69. The second kappa shape index (κ2) is 9.74. The topological polar surface area (TPSA) is 55.4 Å². The third-order valence-corrected chi connectivity index (χ3v) is 6.78. The molecular weight excluding hydrogens is 394 g/mol. The molecule has 5 heteroatoms. The molecule has 156 valence electrons. The summed E-state index contributed by atoms with van der Waals surface area (Å²) in [6.07, 6.45) is 3.36. The highest BCUT2D eigenvalue weighted by Gasteiger charge is 2.35. The maximum absolute atomic E-state index is 13.0. The van der Waals surface area contributed by atoms with Crippen LogP contribution in [0.25, 0.3) is 0 Å². The molecular formula is C25H27NO3S. The lowest BCUT2D eigenvalue weighted by Crippen LogP contribution is -2.41. The molecule has 0 unspecified atom stereocenters. The van der Waals surface area contributed by atoms with Crippen LogP contribution in [0.15, 0.2) is 102 Å². The molecule has 4 nitrogen and oxygen atoms in total. The molecule has 0 saturated heterocycles. The molecule has 0 radical (unpaired) electrons. The molecule has 0 fully saturated rings. The first-order valence-corrected chi connectivity index (χ1v) is 11.4. The molecule has 0 atom stereocenters. The molecule has 0 bridgehead atoms. The Labute approximate surface area is 179 Å². The quantitative estimate of drug-likeness (QED) is 0.473. The summed E-state index contributed by atoms with van der Waals surface area (Å²) in [5.41, 5.74) is 1.61. The summed E-state index contributed by atoms with van der Waals surface area (Å²) in [7, 11) is -2.14. The molecule has 0 saturated carbocycles. The van der Waals surface area contributed by atoms with Crippen molar-refractivity contribution in [2.45, 2.75) is 23.2 Å². The third kappa shape index (κ3) is 4.81. The zero-order valence-corrected chi connectivity index (χ0v) is 17.9. The van der Waals surface area contributed by atoms with E-state index in [1.54, 1.807) is 31.4 Å². The van der Waals surface area contributed by atoms with Gasteiger partial charge in [0, 0.05) is 12.0 Å². The Bertz CT molecular complexity index is 1010. The van der Waals surface area contributed by atoms with Gasteiger partial charge in [-0.15, -0.1) is 6.58 Å². The Morgan fingerprint density at radius 2 is 1.43 bits per heavy atom. The number of rotatable bonds is 10. The number of benzene rings is 3. The summed E-state index contributed by atoms with van der Waals surface area (Å²) < 4.78 is 34.1. The van der Waals surface area contributed by atoms with E-state index >= 15 is 0 Å². The fourth-order valence-electron chi connectivity index (χ4n) is 3.67. The number of hydrogen-bond acceptors (Lipinski definition) is 3. The smallest absolute Gasteiger partial charge is 0.240 e. The van der Waals surface area contributed by atoms with Gasteiger partial charge in [0.1, 0.15) is 5.75 Å². The van der Waals surface area contributed by atoms with Crippen LogP contribution in [0.1, 0.15) is 24.0 Å². The maximum atomic E-state index is 13.0. The summed E-state index contributed by atoms with van der Waals surface area (Å²) >= 11 is 0. The van der Waals surface area contributed by atoms with E-state index < -0.39 is 15.4 Å². The Morgan fingerprint density at radius 1 is 0.900 bits per heavy atom. The second-order valence-electron chi connectivity index (χ2n) is 7.14. The van der Waals surface area contributed by atoms with Crippen molar-refractivity contribution in [1.82, 2.24) is 4.72 Å². The van der Waals surface area contributed by atoms with Crippen molar-refractivity contribution < 1.29 is 13.2 Å². The number of allylic oxidation sites excluding steroid dienone is 1. The number of nitrogens with one attached hydrogen (secondary N) is 1. The van der Waals surface area contributed by atoms with E-state index in [1.807, 2.05) is 42.5 Å². The van der Waals surface area contributed by atoms with Gasteiger partial charge in [0.15, 0.2) is 0 Å². The van der Waals surface area contributed by atoms with Crippen LogP contribution in [0.5, 0.6) is 5.75 Å². The number of sulfonamides is 1. The lowest BCUT2D eigenvalue weighted by Gasteiger charge is -2.35. The van der Waals surface area contributed by atoms with Crippen LogP contribution in [0.4, 0.5) is 0 Å². The summed E-state index contributed by atoms with van der Waals surface area (Å²) in [5, 5.41) is 0. The SMILES string of the molecule is C=CCCC(CNS(=O)(=O)c1ccc(OC)cc1)(c1ccccc1)c1ccccc1. The zero-order valence-electron chi connectivity index (χ0n) is 17.1. The molecule has 0 aliphatic rings. The van der Waals surface area contributed by atoms with E-state index in [0.717, 1.165) is 24.0 Å². The van der Waals surface area contributed by atoms with Crippen molar-refractivity contribution in [1.29, 1.82) is 0 Å². The molecule has 1 N–H and O–H groups in total. The van der Waals surface area contributed by atoms with Crippen molar-refractivity contribution in [2.24, 2.45) is 0 Å². The second-order valence-corrected chi connectivity index (χ2v) is 8.91. The highest BCUT2D eigenvalue weighted by Crippen LogP contribution is 2.37. The third-order valence-electron chi connectivity index (χ3n) is 5.36. The molecule has 3 aromatic rings. The van der Waals surface area contributed by atoms with Gasteiger partial charge in [-0.25, -0.2) is 13.1 Å². The molecule has 0 amide bonds. The molecule has 0 aliphatic heterocycles. The van der Waals surface area contributed by atoms with Gasteiger partial charge in [0.05, 0.1) is 12.0 Å². The van der Waals surface area contributed by atoms with E-state index in [-0.39, 0.29) is 11.4 Å². The number of methoxy groups -OCH3 is 1. The Kier molecular flexibility index (Phi) is 7.08. The van der Waals surface area contributed by atoms with Crippen LogP contribution in [0, 0.1) is 0 Å². The fraction of sp³-hybridized carbons (Fsp3) is 0.200. The minimum Gasteiger partial charge on any atom is -0.497 e. The largest absolute Gasteiger partial charge is 0.497 e. The van der Waals surface area contributed by atoms with E-state index in [4.69, 9.17) is 4.74 Å². The monoisotopic (exact) mass is 421 g/mol. The molecule has 0 aliphatic carbocycles. The lowest BCUT2D eigenvalue weighted by atomic mass is 9.71. The predicted molar refractivity (Wildman–Crippen MR) is 121 cm³/mol. The van der Waals surface area contributed by atoms with Gasteiger partial charge in [-0.3, -0.25) is 0 Å². The first kappa shape index (κ1) is 21.8. The molecule has 0 spiro atoms. The van der Waals surface area contributed by atoms with Gasteiger partial charge in [0.2, 0.25) is 10.0 Å². The minimum absolute atomic E-state index is 0.210. The number of hydrogen-bond donors (Lipinski definition) is 1. The lowest BCUT2D eigenvalue weighted by molar-refractivity contribution is 0.414. The van der Waals surface area contributed by atoms with Crippen LogP contribution in [0.3, 0.4) is 0 Å². The van der Waals surface area contributed by atoms with E-state index in [9.17, 15) is 8.42 Å². The van der Waals surface area contributed by atoms with Gasteiger partial charge in [0.25, 0.3) is 0 Å². The zero-order chi connectivity index (χ0) is 21.5. The average Bonchev–Trinajstić information content (AvgIpc) is 2.80. The summed E-state index contributed by atoms with van der Waals surface area (Å²) in [6, 6.07) is 26.5. The van der Waals surface area contributed by atoms with E-state index in [0.29, 0.717) is 5.75 Å². The van der Waals surface area contributed by atoms with Crippen LogP contribution < -0.4 is 9.46 Å². The average molecular weight is 422 g/mol. The normalized spacial score (nSPS) is 11.8. The van der Waals surface area contributed by atoms with Crippen molar-refractivity contribution >= 4 is 10.0 Å². The highest BCUT2D eigenvalue weighted by atomic mass is 32.2. The first-order chi connectivity index (χ1) is 14.5. The van der Waals surface area contributed by atoms with E-state index in [1.165, 1.54) is 0 Å². The van der Waals surface area contributed by atoms with Gasteiger partial charge >= 0.3 is 0 Å². The van der Waals surface area contributed by atoms with Crippen molar-refractivity contribution in [3.63, 3.8) is 0 Å². The van der Waals surface area contributed by atoms with Gasteiger partial charge in [-0.05, 0) is 48.2 Å². The maximum Gasteiger partial charge on any atom is 0.240 e. The first-order valence-electron chi connectivity index (χ1n) is 9.87. The molecule has 30 heavy (non-hydrogen) atoms. The van der Waals surface area contributed by atoms with Crippen molar-refractivity contribution in [3.8, 4) is 5.75 Å². The number of ether oxygens (including phenoxy) is 1. The molecule has 0 heterocycles. The summed E-state index contributed by atoms with van der Waals surface area (Å²) in [6.45, 7) is 4.11. The molecule has 0 aromatic heterocycles. The molecule has 3 rings (SSSR count). The van der Waals surface area contributed by atoms with Crippen molar-refractivity contribution in [2.75, 3.05) is 13.7 Å². The Hall–Kier alpha value is -2.89. The van der Waals surface area contributed by atoms with Crippen LogP contribution in [-0.2, 0) is 15.4 Å². The van der Waals surface area contributed by atoms with E-state index in [2.05, 4.69) is 35.6 Å². The van der Waals surface area contributed by atoms with Gasteiger partial charge in [-0.1, -0.05) is 66.7 Å². The van der Waals surface area contributed by atoms with Crippen molar-refractivity contribution in [3.05, 3.63) is 109 Å². The van der Waals surface area contributed by atoms with Gasteiger partial charge in [-0.2, -0.15) is 0 Å². The Balaban J connectivity index is 2.00. The standard InChI is InChI=1S/C25H27NO3S/c1-3-4-19-25(21-11-7-5-8-12-21,22-13-9-6-10-14-22)20-26-30(27,28)24-17-15-23(29-2)16-18-24/h3,5-18,26H,1,4,19-20H2,2H3. The van der Waals surface area contributed by atoms with Gasteiger partial charge < -0.3 is 4.74 Å². The fourth-order valence-corrected chi connectivity index (χ4v) is 4.76. The molecule has 3 aromatic carbocycles. The summed E-state index contributed by atoms with van der Waals surface area (Å²) in [5.74, 6) is 0.614.